The monoisotopic (exact) mass is 223 g/mol. The Labute approximate surface area is 93.1 Å². The lowest BCUT2D eigenvalue weighted by atomic mass is 10.2. The summed E-state index contributed by atoms with van der Waals surface area (Å²) in [5.74, 6) is -1.12. The van der Waals surface area contributed by atoms with Crippen molar-refractivity contribution in [2.45, 2.75) is 6.04 Å². The van der Waals surface area contributed by atoms with Crippen molar-refractivity contribution in [2.75, 3.05) is 13.7 Å². The first-order valence-corrected chi connectivity index (χ1v) is 4.70. The zero-order valence-corrected chi connectivity index (χ0v) is 8.88. The number of nitrogens with two attached hydrogens (primary N) is 1. The van der Waals surface area contributed by atoms with Gasteiger partial charge in [-0.3, -0.25) is 4.79 Å². The Bertz CT molecular complexity index is 364. The predicted molar refractivity (Wildman–Crippen MR) is 56.7 cm³/mol. The van der Waals surface area contributed by atoms with E-state index in [-0.39, 0.29) is 6.61 Å². The van der Waals surface area contributed by atoms with Crippen LogP contribution in [0.1, 0.15) is 10.4 Å². The van der Waals surface area contributed by atoms with Gasteiger partial charge in [-0.1, -0.05) is 18.2 Å². The Morgan fingerprint density at radius 3 is 2.50 bits per heavy atom. The van der Waals surface area contributed by atoms with Gasteiger partial charge in [0.1, 0.15) is 12.6 Å². The maximum atomic E-state index is 11.4. The number of carbonyl (C=O) groups excluding carboxylic acids is 2. The fourth-order valence-electron chi connectivity index (χ4n) is 1.04. The number of hydrogen-bond acceptors (Lipinski definition) is 5. The summed E-state index contributed by atoms with van der Waals surface area (Å²) in [6, 6.07) is 7.51. The van der Waals surface area contributed by atoms with Gasteiger partial charge in [0.25, 0.3) is 0 Å². The smallest absolute Gasteiger partial charge is 0.338 e. The summed E-state index contributed by atoms with van der Waals surface area (Å²) >= 11 is 0. The van der Waals surface area contributed by atoms with E-state index in [1.165, 1.54) is 7.11 Å². The highest BCUT2D eigenvalue weighted by Crippen LogP contribution is 2.01. The summed E-state index contributed by atoms with van der Waals surface area (Å²) in [4.78, 5) is 22.4. The van der Waals surface area contributed by atoms with Gasteiger partial charge in [0.05, 0.1) is 12.7 Å². The summed E-state index contributed by atoms with van der Waals surface area (Å²) < 4.78 is 9.24. The van der Waals surface area contributed by atoms with E-state index >= 15 is 0 Å². The molecule has 0 bridgehead atoms. The first-order chi connectivity index (χ1) is 7.65. The molecule has 0 amide bonds. The van der Waals surface area contributed by atoms with E-state index in [0.717, 1.165) is 0 Å². The van der Waals surface area contributed by atoms with Crippen molar-refractivity contribution in [3.05, 3.63) is 35.9 Å². The molecule has 0 aliphatic rings. The summed E-state index contributed by atoms with van der Waals surface area (Å²) in [7, 11) is 1.22. The quantitative estimate of drug-likeness (QED) is 0.745. The fraction of sp³-hybridized carbons (Fsp3) is 0.273. The van der Waals surface area contributed by atoms with Crippen molar-refractivity contribution in [3.63, 3.8) is 0 Å². The van der Waals surface area contributed by atoms with Gasteiger partial charge in [-0.05, 0) is 12.1 Å². The van der Waals surface area contributed by atoms with E-state index in [0.29, 0.717) is 5.56 Å². The van der Waals surface area contributed by atoms with E-state index in [4.69, 9.17) is 10.5 Å². The van der Waals surface area contributed by atoms with Crippen LogP contribution in [0.5, 0.6) is 0 Å². The Hall–Kier alpha value is -1.88. The lowest BCUT2D eigenvalue weighted by molar-refractivity contribution is -0.143. The van der Waals surface area contributed by atoms with Crippen LogP contribution in [-0.2, 0) is 14.3 Å². The van der Waals surface area contributed by atoms with E-state index in [1.54, 1.807) is 30.3 Å². The second-order valence-corrected chi connectivity index (χ2v) is 3.09. The van der Waals surface area contributed by atoms with Crippen molar-refractivity contribution in [1.29, 1.82) is 0 Å². The van der Waals surface area contributed by atoms with Crippen LogP contribution in [-0.4, -0.2) is 31.7 Å². The number of ether oxygens (including phenoxy) is 2. The highest BCUT2D eigenvalue weighted by Gasteiger charge is 2.16. The van der Waals surface area contributed by atoms with Gasteiger partial charge >= 0.3 is 11.9 Å². The molecule has 2 N–H and O–H groups in total. The molecular formula is C11H13NO4. The topological polar surface area (TPSA) is 78.6 Å². The van der Waals surface area contributed by atoms with Crippen molar-refractivity contribution in [1.82, 2.24) is 0 Å². The SMILES string of the molecule is COC(=O)C(N)COC(=O)c1ccccc1. The Balaban J connectivity index is 2.45. The minimum Gasteiger partial charge on any atom is -0.468 e. The van der Waals surface area contributed by atoms with Crippen molar-refractivity contribution in [3.8, 4) is 0 Å². The summed E-state index contributed by atoms with van der Waals surface area (Å²) in [5, 5.41) is 0. The van der Waals surface area contributed by atoms with Gasteiger partial charge in [-0.2, -0.15) is 0 Å². The number of carbonyl (C=O) groups is 2. The third-order valence-electron chi connectivity index (χ3n) is 1.91. The van der Waals surface area contributed by atoms with Crippen LogP contribution in [0.2, 0.25) is 0 Å². The minimum atomic E-state index is -0.947. The third kappa shape index (κ3) is 3.36. The highest BCUT2D eigenvalue weighted by atomic mass is 16.5. The fourth-order valence-corrected chi connectivity index (χ4v) is 1.04. The molecule has 5 heteroatoms. The van der Waals surface area contributed by atoms with Gasteiger partial charge in [-0.25, -0.2) is 4.79 Å². The summed E-state index contributed by atoms with van der Waals surface area (Å²) in [6.07, 6.45) is 0. The molecule has 1 aromatic carbocycles. The Morgan fingerprint density at radius 1 is 1.31 bits per heavy atom. The number of methoxy groups -OCH3 is 1. The highest BCUT2D eigenvalue weighted by molar-refractivity contribution is 5.89. The molecule has 0 saturated carbocycles. The van der Waals surface area contributed by atoms with Crippen molar-refractivity contribution >= 4 is 11.9 Å². The molecule has 0 aromatic heterocycles. The normalized spacial score (nSPS) is 11.6. The molecule has 1 aromatic rings. The van der Waals surface area contributed by atoms with Crippen molar-refractivity contribution < 1.29 is 19.1 Å². The average molecular weight is 223 g/mol. The number of benzene rings is 1. The Kier molecular flexibility index (Phi) is 4.47. The van der Waals surface area contributed by atoms with Gasteiger partial charge < -0.3 is 15.2 Å². The maximum absolute atomic E-state index is 11.4. The molecule has 1 unspecified atom stereocenters. The lowest BCUT2D eigenvalue weighted by Crippen LogP contribution is -2.36. The van der Waals surface area contributed by atoms with Crippen LogP contribution in [0.4, 0.5) is 0 Å². The first kappa shape index (κ1) is 12.2. The zero-order chi connectivity index (χ0) is 12.0. The Morgan fingerprint density at radius 2 is 1.94 bits per heavy atom. The molecule has 0 aliphatic heterocycles. The van der Waals surface area contributed by atoms with Crippen LogP contribution >= 0.6 is 0 Å². The second-order valence-electron chi connectivity index (χ2n) is 3.09. The molecule has 0 heterocycles. The van der Waals surface area contributed by atoms with E-state index in [1.807, 2.05) is 0 Å². The van der Waals surface area contributed by atoms with E-state index < -0.39 is 18.0 Å². The summed E-state index contributed by atoms with van der Waals surface area (Å²) in [5.41, 5.74) is 5.82. The van der Waals surface area contributed by atoms with Gasteiger partial charge in [0, 0.05) is 0 Å². The molecule has 16 heavy (non-hydrogen) atoms. The number of esters is 2. The predicted octanol–water partition coefficient (Wildman–Crippen LogP) is 0.344. The standard InChI is InChI=1S/C11H13NO4/c1-15-11(14)9(12)7-16-10(13)8-5-3-2-4-6-8/h2-6,9H,7,12H2,1H3. The average Bonchev–Trinajstić information content (AvgIpc) is 2.35. The lowest BCUT2D eigenvalue weighted by Gasteiger charge is -2.09. The third-order valence-corrected chi connectivity index (χ3v) is 1.91. The van der Waals surface area contributed by atoms with Gasteiger partial charge in [0.15, 0.2) is 0 Å². The largest absolute Gasteiger partial charge is 0.468 e. The van der Waals surface area contributed by atoms with Gasteiger partial charge in [0.2, 0.25) is 0 Å². The second kappa shape index (κ2) is 5.87. The molecule has 86 valence electrons. The summed E-state index contributed by atoms with van der Waals surface area (Å²) in [6.45, 7) is -0.194. The first-order valence-electron chi connectivity index (χ1n) is 4.70. The molecule has 0 saturated heterocycles. The van der Waals surface area contributed by atoms with E-state index in [2.05, 4.69) is 4.74 Å². The molecular weight excluding hydrogens is 210 g/mol. The van der Waals surface area contributed by atoms with Crippen LogP contribution in [0.25, 0.3) is 0 Å². The van der Waals surface area contributed by atoms with Crippen LogP contribution in [0, 0.1) is 0 Å². The van der Waals surface area contributed by atoms with Crippen LogP contribution < -0.4 is 5.73 Å². The maximum Gasteiger partial charge on any atom is 0.338 e. The van der Waals surface area contributed by atoms with Crippen LogP contribution in [0.15, 0.2) is 30.3 Å². The molecule has 0 aliphatic carbocycles. The molecule has 0 radical (unpaired) electrons. The van der Waals surface area contributed by atoms with E-state index in [9.17, 15) is 9.59 Å². The zero-order valence-electron chi connectivity index (χ0n) is 8.88. The molecule has 0 fully saturated rings. The molecule has 0 spiro atoms. The molecule has 1 rings (SSSR count). The minimum absolute atomic E-state index is 0.194. The van der Waals surface area contributed by atoms with Gasteiger partial charge in [-0.15, -0.1) is 0 Å². The number of hydrogen-bond donors (Lipinski definition) is 1. The van der Waals surface area contributed by atoms with Crippen molar-refractivity contribution in [2.24, 2.45) is 5.73 Å². The van der Waals surface area contributed by atoms with Crippen LogP contribution in [0.3, 0.4) is 0 Å². The molecule has 1 atom stereocenters. The number of rotatable bonds is 4. The molecule has 5 nitrogen and oxygen atoms in total.